The van der Waals surface area contributed by atoms with Crippen molar-refractivity contribution in [3.63, 3.8) is 0 Å². The van der Waals surface area contributed by atoms with Gasteiger partial charge in [-0.2, -0.15) is 0 Å². The number of likely N-dealkylation sites (tertiary alicyclic amines) is 1. The number of carbonyl (C=O) groups is 2. The summed E-state index contributed by atoms with van der Waals surface area (Å²) in [6.07, 6.45) is 2.46. The number of rotatable bonds is 4. The van der Waals surface area contributed by atoms with E-state index in [9.17, 15) is 9.59 Å². The minimum atomic E-state index is -0.423. The quantitative estimate of drug-likeness (QED) is 0.801. The fourth-order valence-corrected chi connectivity index (χ4v) is 3.34. The van der Waals surface area contributed by atoms with Gasteiger partial charge < -0.3 is 20.4 Å². The largest absolute Gasteiger partial charge is 0.341 e. The minimum Gasteiger partial charge on any atom is -0.341 e. The van der Waals surface area contributed by atoms with Crippen LogP contribution in [-0.4, -0.2) is 78.4 Å². The van der Waals surface area contributed by atoms with Crippen LogP contribution in [0, 0.1) is 5.92 Å². The molecule has 2 N–H and O–H groups in total. The average molecular weight is 310 g/mol. The Morgan fingerprint density at radius 1 is 1.05 bits per heavy atom. The number of hydrogen-bond acceptors (Lipinski definition) is 4. The van der Waals surface area contributed by atoms with Crippen LogP contribution < -0.4 is 5.73 Å². The van der Waals surface area contributed by atoms with Crippen LogP contribution in [0.2, 0.25) is 0 Å². The first-order chi connectivity index (χ1) is 10.5. The Balaban J connectivity index is 1.72. The molecule has 2 aliphatic heterocycles. The van der Waals surface area contributed by atoms with Gasteiger partial charge in [0, 0.05) is 45.7 Å². The molecule has 0 bridgehead atoms. The second kappa shape index (κ2) is 7.92. The molecule has 6 heteroatoms. The van der Waals surface area contributed by atoms with Gasteiger partial charge in [-0.3, -0.25) is 9.59 Å². The van der Waals surface area contributed by atoms with Gasteiger partial charge in [-0.25, -0.2) is 0 Å². The molecule has 2 aliphatic rings. The summed E-state index contributed by atoms with van der Waals surface area (Å²) in [6.45, 7) is 10.1. The summed E-state index contributed by atoms with van der Waals surface area (Å²) in [5, 5.41) is 0. The van der Waals surface area contributed by atoms with Crippen LogP contribution in [0.3, 0.4) is 0 Å². The third-order valence-electron chi connectivity index (χ3n) is 4.95. The highest BCUT2D eigenvalue weighted by Gasteiger charge is 2.28. The highest BCUT2D eigenvalue weighted by molar-refractivity contribution is 5.81. The van der Waals surface area contributed by atoms with Crippen molar-refractivity contribution in [2.45, 2.75) is 39.2 Å². The van der Waals surface area contributed by atoms with Crippen LogP contribution in [0.15, 0.2) is 0 Å². The number of piperidine rings is 1. The van der Waals surface area contributed by atoms with Crippen LogP contribution in [0.4, 0.5) is 0 Å². The maximum absolute atomic E-state index is 12.4. The van der Waals surface area contributed by atoms with E-state index in [1.807, 2.05) is 9.80 Å². The Morgan fingerprint density at radius 3 is 2.14 bits per heavy atom. The van der Waals surface area contributed by atoms with E-state index in [1.165, 1.54) is 0 Å². The normalized spacial score (nSPS) is 22.7. The molecule has 22 heavy (non-hydrogen) atoms. The average Bonchev–Trinajstić information content (AvgIpc) is 2.54. The van der Waals surface area contributed by atoms with Crippen molar-refractivity contribution in [1.29, 1.82) is 0 Å². The molecule has 0 unspecified atom stereocenters. The van der Waals surface area contributed by atoms with Gasteiger partial charge in [0.2, 0.25) is 11.8 Å². The molecular formula is C16H30N4O2. The highest BCUT2D eigenvalue weighted by Crippen LogP contribution is 2.22. The monoisotopic (exact) mass is 310 g/mol. The molecule has 2 amide bonds. The minimum absolute atomic E-state index is 0.0282. The molecule has 0 aromatic rings. The van der Waals surface area contributed by atoms with Gasteiger partial charge >= 0.3 is 0 Å². The first-order valence-corrected chi connectivity index (χ1v) is 8.55. The summed E-state index contributed by atoms with van der Waals surface area (Å²) >= 11 is 0. The van der Waals surface area contributed by atoms with Gasteiger partial charge in [0.1, 0.15) is 0 Å². The van der Waals surface area contributed by atoms with Gasteiger partial charge in [0.15, 0.2) is 0 Å². The predicted octanol–water partition coefficient (Wildman–Crippen LogP) is 0.126. The third kappa shape index (κ3) is 4.43. The zero-order chi connectivity index (χ0) is 16.1. The zero-order valence-electron chi connectivity index (χ0n) is 14.0. The topological polar surface area (TPSA) is 69.9 Å². The number of amides is 2. The highest BCUT2D eigenvalue weighted by atomic mass is 16.2. The van der Waals surface area contributed by atoms with Crippen molar-refractivity contribution in [2.24, 2.45) is 11.7 Å². The molecule has 0 aromatic carbocycles. The van der Waals surface area contributed by atoms with Crippen molar-refractivity contribution in [3.05, 3.63) is 0 Å². The molecule has 0 spiro atoms. The number of likely N-dealkylation sites (N-methyl/N-ethyl adjacent to an activating group) is 1. The number of nitrogens with two attached hydrogens (primary N) is 1. The van der Waals surface area contributed by atoms with E-state index in [4.69, 9.17) is 5.73 Å². The third-order valence-corrected chi connectivity index (χ3v) is 4.95. The lowest BCUT2D eigenvalue weighted by molar-refractivity contribution is -0.135. The molecule has 0 radical (unpaired) electrons. The first kappa shape index (κ1) is 17.2. The van der Waals surface area contributed by atoms with Crippen molar-refractivity contribution in [2.75, 3.05) is 45.8 Å². The summed E-state index contributed by atoms with van der Waals surface area (Å²) in [5.41, 5.74) is 5.65. The van der Waals surface area contributed by atoms with E-state index in [1.54, 1.807) is 6.92 Å². The SMILES string of the molecule is CCN1CCN(C(=O)CC2CCN(C(=O)[C@@H](C)N)CC2)CC1. The molecule has 2 fully saturated rings. The number of piperazine rings is 1. The Kier molecular flexibility index (Phi) is 6.20. The summed E-state index contributed by atoms with van der Waals surface area (Å²) in [4.78, 5) is 30.5. The molecule has 126 valence electrons. The van der Waals surface area contributed by atoms with E-state index in [0.717, 1.165) is 58.7 Å². The Hall–Kier alpha value is -1.14. The van der Waals surface area contributed by atoms with Crippen LogP contribution in [0.5, 0.6) is 0 Å². The van der Waals surface area contributed by atoms with Gasteiger partial charge in [-0.05, 0) is 32.2 Å². The van der Waals surface area contributed by atoms with Gasteiger partial charge in [-0.15, -0.1) is 0 Å². The fourth-order valence-electron chi connectivity index (χ4n) is 3.34. The molecule has 2 rings (SSSR count). The predicted molar refractivity (Wildman–Crippen MR) is 86.3 cm³/mol. The zero-order valence-corrected chi connectivity index (χ0v) is 14.0. The van der Waals surface area contributed by atoms with Gasteiger partial charge in [0.25, 0.3) is 0 Å². The van der Waals surface area contributed by atoms with Crippen LogP contribution in [0.1, 0.15) is 33.1 Å². The van der Waals surface area contributed by atoms with Crippen molar-refractivity contribution in [1.82, 2.24) is 14.7 Å². The molecule has 6 nitrogen and oxygen atoms in total. The fraction of sp³-hybridized carbons (Fsp3) is 0.875. The van der Waals surface area contributed by atoms with Crippen LogP contribution in [-0.2, 0) is 9.59 Å². The second-order valence-corrected chi connectivity index (χ2v) is 6.58. The van der Waals surface area contributed by atoms with E-state index >= 15 is 0 Å². The lowest BCUT2D eigenvalue weighted by atomic mass is 9.92. The van der Waals surface area contributed by atoms with E-state index in [2.05, 4.69) is 11.8 Å². The Morgan fingerprint density at radius 2 is 1.64 bits per heavy atom. The van der Waals surface area contributed by atoms with Crippen molar-refractivity contribution >= 4 is 11.8 Å². The van der Waals surface area contributed by atoms with Gasteiger partial charge in [0.05, 0.1) is 6.04 Å². The Labute approximate surface area is 133 Å². The van der Waals surface area contributed by atoms with Crippen molar-refractivity contribution in [3.8, 4) is 0 Å². The Bertz CT molecular complexity index is 384. The van der Waals surface area contributed by atoms with E-state index < -0.39 is 6.04 Å². The van der Waals surface area contributed by atoms with E-state index in [0.29, 0.717) is 12.3 Å². The molecule has 2 heterocycles. The van der Waals surface area contributed by atoms with Crippen LogP contribution in [0.25, 0.3) is 0 Å². The second-order valence-electron chi connectivity index (χ2n) is 6.58. The summed E-state index contributed by atoms with van der Waals surface area (Å²) in [7, 11) is 0. The maximum Gasteiger partial charge on any atom is 0.239 e. The lowest BCUT2D eigenvalue weighted by Gasteiger charge is -2.36. The first-order valence-electron chi connectivity index (χ1n) is 8.55. The molecular weight excluding hydrogens is 280 g/mol. The summed E-state index contributed by atoms with van der Waals surface area (Å²) in [6, 6.07) is -0.423. The van der Waals surface area contributed by atoms with Crippen molar-refractivity contribution < 1.29 is 9.59 Å². The standard InChI is InChI=1S/C16H30N4O2/c1-3-18-8-10-19(11-9-18)15(21)12-14-4-6-20(7-5-14)16(22)13(2)17/h13-14H,3-12,17H2,1-2H3/t13-/m1/s1. The number of carbonyl (C=O) groups excluding carboxylic acids is 2. The molecule has 0 saturated carbocycles. The molecule has 1 atom stereocenters. The molecule has 0 aromatic heterocycles. The van der Waals surface area contributed by atoms with Crippen LogP contribution >= 0.6 is 0 Å². The number of nitrogens with zero attached hydrogens (tertiary/aromatic N) is 3. The maximum atomic E-state index is 12.4. The van der Waals surface area contributed by atoms with E-state index in [-0.39, 0.29) is 11.8 Å². The molecule has 2 saturated heterocycles. The summed E-state index contributed by atoms with van der Waals surface area (Å²) in [5.74, 6) is 0.724. The lowest BCUT2D eigenvalue weighted by Crippen LogP contribution is -2.49. The van der Waals surface area contributed by atoms with Gasteiger partial charge in [-0.1, -0.05) is 6.92 Å². The number of hydrogen-bond donors (Lipinski definition) is 1. The smallest absolute Gasteiger partial charge is 0.239 e. The summed E-state index contributed by atoms with van der Waals surface area (Å²) < 4.78 is 0. The molecule has 0 aliphatic carbocycles.